The molecule has 0 heterocycles. The molecule has 2 N–H and O–H groups in total. The Labute approximate surface area is 124 Å². The quantitative estimate of drug-likeness (QED) is 0.856. The van der Waals surface area contributed by atoms with Gasteiger partial charge in [0.25, 0.3) is 0 Å². The van der Waals surface area contributed by atoms with Crippen molar-refractivity contribution in [3.05, 3.63) is 59.7 Å². The second-order valence-electron chi connectivity index (χ2n) is 5.00. The van der Waals surface area contributed by atoms with Crippen molar-refractivity contribution in [3.63, 3.8) is 0 Å². The van der Waals surface area contributed by atoms with E-state index in [0.717, 1.165) is 16.7 Å². The number of carboxylic acids is 1. The third-order valence-corrected chi connectivity index (χ3v) is 3.36. The highest BCUT2D eigenvalue weighted by Crippen LogP contribution is 2.25. The molecule has 4 nitrogen and oxygen atoms in total. The summed E-state index contributed by atoms with van der Waals surface area (Å²) in [6.07, 6.45) is 0. The van der Waals surface area contributed by atoms with E-state index in [1.165, 1.54) is 0 Å². The Morgan fingerprint density at radius 3 is 2.48 bits per heavy atom. The smallest absolute Gasteiger partial charge is 0.335 e. The van der Waals surface area contributed by atoms with E-state index >= 15 is 0 Å². The Balaban J connectivity index is 2.41. The van der Waals surface area contributed by atoms with Crippen molar-refractivity contribution in [2.45, 2.75) is 6.54 Å². The fourth-order valence-corrected chi connectivity index (χ4v) is 2.30. The zero-order chi connectivity index (χ0) is 15.2. The van der Waals surface area contributed by atoms with Gasteiger partial charge in [-0.15, -0.1) is 0 Å². The van der Waals surface area contributed by atoms with Crippen molar-refractivity contribution in [1.82, 2.24) is 4.90 Å². The van der Waals surface area contributed by atoms with Crippen LogP contribution in [0.15, 0.2) is 48.5 Å². The van der Waals surface area contributed by atoms with Crippen LogP contribution in [0.2, 0.25) is 0 Å². The first kappa shape index (κ1) is 15.2. The molecule has 2 rings (SSSR count). The summed E-state index contributed by atoms with van der Waals surface area (Å²) in [5.41, 5.74) is 3.30. The normalized spacial score (nSPS) is 10.8. The van der Waals surface area contributed by atoms with Crippen LogP contribution in [0.3, 0.4) is 0 Å². The molecule has 0 spiro atoms. The van der Waals surface area contributed by atoms with Gasteiger partial charge in [0.15, 0.2) is 0 Å². The molecule has 0 fully saturated rings. The molecule has 0 atom stereocenters. The van der Waals surface area contributed by atoms with E-state index in [4.69, 9.17) is 10.2 Å². The number of hydrogen-bond acceptors (Lipinski definition) is 3. The van der Waals surface area contributed by atoms with E-state index in [9.17, 15) is 4.79 Å². The van der Waals surface area contributed by atoms with Gasteiger partial charge in [-0.2, -0.15) is 0 Å². The fraction of sp³-hybridized carbons (Fsp3) is 0.235. The van der Waals surface area contributed by atoms with Crippen LogP contribution < -0.4 is 0 Å². The molecule has 0 saturated heterocycles. The van der Waals surface area contributed by atoms with E-state index in [1.807, 2.05) is 48.3 Å². The summed E-state index contributed by atoms with van der Waals surface area (Å²) in [5.74, 6) is -0.930. The van der Waals surface area contributed by atoms with Crippen LogP contribution in [0.25, 0.3) is 11.1 Å². The Hall–Kier alpha value is -2.17. The van der Waals surface area contributed by atoms with E-state index in [1.54, 1.807) is 12.1 Å². The number of rotatable bonds is 6. The largest absolute Gasteiger partial charge is 0.478 e. The molecule has 0 aromatic heterocycles. The third kappa shape index (κ3) is 3.90. The second kappa shape index (κ2) is 7.02. The summed E-state index contributed by atoms with van der Waals surface area (Å²) in [7, 11) is 1.90. The highest BCUT2D eigenvalue weighted by atomic mass is 16.4. The summed E-state index contributed by atoms with van der Waals surface area (Å²) in [6, 6.07) is 15.1. The molecule has 0 aliphatic rings. The third-order valence-electron chi connectivity index (χ3n) is 3.36. The van der Waals surface area contributed by atoms with Gasteiger partial charge in [-0.25, -0.2) is 4.79 Å². The van der Waals surface area contributed by atoms with Gasteiger partial charge in [0.1, 0.15) is 0 Å². The molecule has 2 aromatic carbocycles. The molecular formula is C17H19NO3. The Morgan fingerprint density at radius 1 is 1.14 bits per heavy atom. The molecule has 0 aliphatic heterocycles. The SMILES string of the molecule is CN(CCO)Cc1cc(C(=O)O)ccc1-c1ccccc1. The number of aromatic carboxylic acids is 1. The predicted molar refractivity (Wildman–Crippen MR) is 82.3 cm³/mol. The van der Waals surface area contributed by atoms with Gasteiger partial charge in [0.05, 0.1) is 12.2 Å². The Bertz CT molecular complexity index is 611. The average Bonchev–Trinajstić information content (AvgIpc) is 2.48. The number of aliphatic hydroxyl groups excluding tert-OH is 1. The van der Waals surface area contributed by atoms with Crippen LogP contribution in [0.4, 0.5) is 0 Å². The van der Waals surface area contributed by atoms with Crippen LogP contribution in [-0.2, 0) is 6.54 Å². The van der Waals surface area contributed by atoms with Crippen LogP contribution in [-0.4, -0.2) is 41.3 Å². The van der Waals surface area contributed by atoms with Gasteiger partial charge >= 0.3 is 5.97 Å². The first-order valence-electron chi connectivity index (χ1n) is 6.83. The zero-order valence-corrected chi connectivity index (χ0v) is 12.0. The first-order chi connectivity index (χ1) is 10.1. The highest BCUT2D eigenvalue weighted by Gasteiger charge is 2.11. The number of benzene rings is 2. The second-order valence-corrected chi connectivity index (χ2v) is 5.00. The van der Waals surface area contributed by atoms with Gasteiger partial charge in [-0.3, -0.25) is 4.90 Å². The van der Waals surface area contributed by atoms with E-state index in [-0.39, 0.29) is 12.2 Å². The molecule has 2 aromatic rings. The Kier molecular flexibility index (Phi) is 5.09. The molecule has 21 heavy (non-hydrogen) atoms. The monoisotopic (exact) mass is 285 g/mol. The number of aliphatic hydroxyl groups is 1. The number of carboxylic acid groups (broad SMARTS) is 1. The van der Waals surface area contributed by atoms with E-state index in [2.05, 4.69) is 0 Å². The maximum atomic E-state index is 11.2. The fourth-order valence-electron chi connectivity index (χ4n) is 2.30. The lowest BCUT2D eigenvalue weighted by Crippen LogP contribution is -2.22. The average molecular weight is 285 g/mol. The molecule has 110 valence electrons. The topological polar surface area (TPSA) is 60.8 Å². The van der Waals surface area contributed by atoms with E-state index < -0.39 is 5.97 Å². The van der Waals surface area contributed by atoms with Crippen LogP contribution >= 0.6 is 0 Å². The molecule has 0 amide bonds. The van der Waals surface area contributed by atoms with Gasteiger partial charge in [0.2, 0.25) is 0 Å². The number of nitrogens with zero attached hydrogens (tertiary/aromatic N) is 1. The molecule has 0 bridgehead atoms. The predicted octanol–water partition coefficient (Wildman–Crippen LogP) is 2.48. The summed E-state index contributed by atoms with van der Waals surface area (Å²) >= 11 is 0. The zero-order valence-electron chi connectivity index (χ0n) is 12.0. The summed E-state index contributed by atoms with van der Waals surface area (Å²) in [5, 5.41) is 18.2. The summed E-state index contributed by atoms with van der Waals surface area (Å²) in [6.45, 7) is 1.22. The van der Waals surface area contributed by atoms with Crippen molar-refractivity contribution < 1.29 is 15.0 Å². The molecule has 0 unspecified atom stereocenters. The molecule has 0 radical (unpaired) electrons. The molecule has 4 heteroatoms. The molecule has 0 aliphatic carbocycles. The minimum Gasteiger partial charge on any atom is -0.478 e. The minimum absolute atomic E-state index is 0.0792. The van der Waals surface area contributed by atoms with Crippen molar-refractivity contribution in [1.29, 1.82) is 0 Å². The maximum Gasteiger partial charge on any atom is 0.335 e. The standard InChI is InChI=1S/C17H19NO3/c1-18(9-10-19)12-15-11-14(17(20)21)7-8-16(15)13-5-3-2-4-6-13/h2-8,11,19H,9-10,12H2,1H3,(H,20,21). The van der Waals surface area contributed by atoms with Crippen LogP contribution in [0, 0.1) is 0 Å². The summed E-state index contributed by atoms with van der Waals surface area (Å²) < 4.78 is 0. The van der Waals surface area contributed by atoms with Gasteiger partial charge < -0.3 is 10.2 Å². The van der Waals surface area contributed by atoms with Crippen molar-refractivity contribution in [3.8, 4) is 11.1 Å². The van der Waals surface area contributed by atoms with Crippen molar-refractivity contribution in [2.75, 3.05) is 20.2 Å². The number of carbonyl (C=O) groups is 1. The number of hydrogen-bond donors (Lipinski definition) is 2. The van der Waals surface area contributed by atoms with Gasteiger partial charge in [0, 0.05) is 13.1 Å². The minimum atomic E-state index is -0.930. The highest BCUT2D eigenvalue weighted by molar-refractivity contribution is 5.89. The van der Waals surface area contributed by atoms with Gasteiger partial charge in [-0.05, 0) is 35.9 Å². The summed E-state index contributed by atoms with van der Waals surface area (Å²) in [4.78, 5) is 13.1. The lowest BCUT2D eigenvalue weighted by atomic mass is 9.97. The lowest BCUT2D eigenvalue weighted by molar-refractivity contribution is 0.0696. The van der Waals surface area contributed by atoms with Crippen LogP contribution in [0.1, 0.15) is 15.9 Å². The van der Waals surface area contributed by atoms with Crippen molar-refractivity contribution >= 4 is 5.97 Å². The number of likely N-dealkylation sites (N-methyl/N-ethyl adjacent to an activating group) is 1. The van der Waals surface area contributed by atoms with Gasteiger partial charge in [-0.1, -0.05) is 36.4 Å². The Morgan fingerprint density at radius 2 is 1.86 bits per heavy atom. The van der Waals surface area contributed by atoms with Crippen molar-refractivity contribution in [2.24, 2.45) is 0 Å². The first-order valence-corrected chi connectivity index (χ1v) is 6.83. The van der Waals surface area contributed by atoms with Crippen LogP contribution in [0.5, 0.6) is 0 Å². The lowest BCUT2D eigenvalue weighted by Gasteiger charge is -2.18. The molecular weight excluding hydrogens is 266 g/mol. The van der Waals surface area contributed by atoms with E-state index in [0.29, 0.717) is 13.1 Å². The molecule has 0 saturated carbocycles. The maximum absolute atomic E-state index is 11.2.